The van der Waals surface area contributed by atoms with E-state index in [2.05, 4.69) is 20.0 Å². The van der Waals surface area contributed by atoms with Crippen molar-refractivity contribution in [3.8, 4) is 0 Å². The van der Waals surface area contributed by atoms with Crippen molar-refractivity contribution in [1.82, 2.24) is 9.97 Å². The van der Waals surface area contributed by atoms with E-state index in [4.69, 9.17) is 0 Å². The molecule has 1 fully saturated rings. The lowest BCUT2D eigenvalue weighted by Crippen LogP contribution is -2.41. The Hall–Kier alpha value is -2.68. The minimum Gasteiger partial charge on any atom is -0.340 e. The number of nitrogens with one attached hydrogen (secondary N) is 2. The molecule has 1 atom stereocenters. The third kappa shape index (κ3) is 5.44. The van der Waals surface area contributed by atoms with Gasteiger partial charge >= 0.3 is 0 Å². The van der Waals surface area contributed by atoms with E-state index >= 15 is 0 Å². The quantitative estimate of drug-likeness (QED) is 0.718. The summed E-state index contributed by atoms with van der Waals surface area (Å²) in [5.74, 6) is 0.422. The lowest BCUT2D eigenvalue weighted by molar-refractivity contribution is -0.120. The molecule has 1 aliphatic heterocycles. The molecule has 0 spiro atoms. The van der Waals surface area contributed by atoms with Gasteiger partial charge in [-0.05, 0) is 49.9 Å². The van der Waals surface area contributed by atoms with Crippen LogP contribution in [0.5, 0.6) is 0 Å². The standard InChI is InChI=1S/C20H27N5O3S/c1-3-13-29(27,28)24-18-9-4-8-17(15(18)2)23-19(26)16-7-5-12-25(14-16)20-21-10-6-11-22-20/h4,6,8-11,16,24H,3,5,7,12-14H2,1-2H3,(H,23,26). The Bertz CT molecular complexity index is 950. The second kappa shape index (κ2) is 9.21. The monoisotopic (exact) mass is 417 g/mol. The smallest absolute Gasteiger partial charge is 0.232 e. The fraction of sp³-hybridized carbons (Fsp3) is 0.450. The minimum atomic E-state index is -3.39. The molecular formula is C20H27N5O3S. The number of sulfonamides is 1. The summed E-state index contributed by atoms with van der Waals surface area (Å²) in [6.07, 6.45) is 5.60. The molecule has 1 unspecified atom stereocenters. The number of amides is 1. The number of rotatable bonds is 7. The van der Waals surface area contributed by atoms with E-state index < -0.39 is 10.0 Å². The maximum Gasteiger partial charge on any atom is 0.232 e. The molecule has 0 saturated carbocycles. The highest BCUT2D eigenvalue weighted by Gasteiger charge is 2.27. The highest BCUT2D eigenvalue weighted by molar-refractivity contribution is 7.92. The lowest BCUT2D eigenvalue weighted by Gasteiger charge is -2.32. The van der Waals surface area contributed by atoms with Crippen molar-refractivity contribution < 1.29 is 13.2 Å². The molecule has 9 heteroatoms. The van der Waals surface area contributed by atoms with E-state index in [9.17, 15) is 13.2 Å². The maximum atomic E-state index is 12.9. The van der Waals surface area contributed by atoms with Gasteiger partial charge in [-0.1, -0.05) is 13.0 Å². The molecular weight excluding hydrogens is 390 g/mol. The van der Waals surface area contributed by atoms with E-state index in [0.29, 0.717) is 35.9 Å². The number of benzene rings is 1. The summed E-state index contributed by atoms with van der Waals surface area (Å²) >= 11 is 0. The number of hydrogen-bond acceptors (Lipinski definition) is 6. The molecule has 0 bridgehead atoms. The summed E-state index contributed by atoms with van der Waals surface area (Å²) in [6.45, 7) is 4.99. The Morgan fingerprint density at radius 2 is 1.93 bits per heavy atom. The molecule has 29 heavy (non-hydrogen) atoms. The molecule has 1 saturated heterocycles. The van der Waals surface area contributed by atoms with Crippen LogP contribution in [-0.2, 0) is 14.8 Å². The van der Waals surface area contributed by atoms with Crippen LogP contribution in [0.1, 0.15) is 31.7 Å². The first kappa shape index (κ1) is 21.0. The Morgan fingerprint density at radius 1 is 1.21 bits per heavy atom. The van der Waals surface area contributed by atoms with Gasteiger partial charge in [-0.2, -0.15) is 0 Å². The number of nitrogens with zero attached hydrogens (tertiary/aromatic N) is 3. The number of piperidine rings is 1. The summed E-state index contributed by atoms with van der Waals surface area (Å²) < 4.78 is 26.8. The summed E-state index contributed by atoms with van der Waals surface area (Å²) in [5, 5.41) is 2.97. The molecule has 1 amide bonds. The van der Waals surface area contributed by atoms with Gasteiger partial charge in [0.15, 0.2) is 0 Å². The molecule has 1 aromatic carbocycles. The van der Waals surface area contributed by atoms with Gasteiger partial charge < -0.3 is 10.2 Å². The van der Waals surface area contributed by atoms with Gasteiger partial charge in [0.1, 0.15) is 0 Å². The molecule has 1 aliphatic rings. The molecule has 2 heterocycles. The molecule has 8 nitrogen and oxygen atoms in total. The Labute approximate surface area is 171 Å². The van der Waals surface area contributed by atoms with Crippen LogP contribution in [0.2, 0.25) is 0 Å². The third-order valence-electron chi connectivity index (χ3n) is 4.96. The Balaban J connectivity index is 1.69. The van der Waals surface area contributed by atoms with Gasteiger partial charge in [0.05, 0.1) is 17.4 Å². The summed E-state index contributed by atoms with van der Waals surface area (Å²) in [6, 6.07) is 6.98. The van der Waals surface area contributed by atoms with Crippen molar-refractivity contribution >= 4 is 33.3 Å². The van der Waals surface area contributed by atoms with Gasteiger partial charge in [-0.3, -0.25) is 9.52 Å². The van der Waals surface area contributed by atoms with Crippen LogP contribution in [0.3, 0.4) is 0 Å². The van der Waals surface area contributed by atoms with Crippen LogP contribution in [0.15, 0.2) is 36.7 Å². The van der Waals surface area contributed by atoms with Gasteiger partial charge in [0.2, 0.25) is 21.9 Å². The summed E-state index contributed by atoms with van der Waals surface area (Å²) in [5.41, 5.74) is 1.79. The molecule has 0 aliphatic carbocycles. The second-order valence-electron chi connectivity index (χ2n) is 7.22. The largest absolute Gasteiger partial charge is 0.340 e. The fourth-order valence-electron chi connectivity index (χ4n) is 3.43. The average molecular weight is 418 g/mol. The topological polar surface area (TPSA) is 104 Å². The van der Waals surface area contributed by atoms with Crippen LogP contribution >= 0.6 is 0 Å². The molecule has 2 aromatic rings. The molecule has 1 aromatic heterocycles. The minimum absolute atomic E-state index is 0.0580. The van der Waals surface area contributed by atoms with Gasteiger partial charge in [0.25, 0.3) is 0 Å². The number of carbonyl (C=O) groups is 1. The molecule has 156 valence electrons. The van der Waals surface area contributed by atoms with Crippen LogP contribution in [0.25, 0.3) is 0 Å². The van der Waals surface area contributed by atoms with Crippen molar-refractivity contribution in [2.24, 2.45) is 5.92 Å². The van der Waals surface area contributed by atoms with Crippen LogP contribution in [-0.4, -0.2) is 43.1 Å². The Kier molecular flexibility index (Phi) is 6.68. The van der Waals surface area contributed by atoms with Crippen LogP contribution < -0.4 is 14.9 Å². The molecule has 3 rings (SSSR count). The van der Waals surface area contributed by atoms with Crippen molar-refractivity contribution in [2.45, 2.75) is 33.1 Å². The second-order valence-corrected chi connectivity index (χ2v) is 9.06. The first-order valence-corrected chi connectivity index (χ1v) is 11.5. The summed E-state index contributed by atoms with van der Waals surface area (Å²) in [4.78, 5) is 23.4. The normalized spacial score (nSPS) is 17.0. The number of hydrogen-bond donors (Lipinski definition) is 2. The Morgan fingerprint density at radius 3 is 2.66 bits per heavy atom. The fourth-order valence-corrected chi connectivity index (χ4v) is 4.63. The highest BCUT2D eigenvalue weighted by Crippen LogP contribution is 2.26. The first-order valence-electron chi connectivity index (χ1n) is 9.82. The van der Waals surface area contributed by atoms with E-state index in [0.717, 1.165) is 19.4 Å². The average Bonchev–Trinajstić information content (AvgIpc) is 2.71. The predicted molar refractivity (Wildman–Crippen MR) is 114 cm³/mol. The molecule has 0 radical (unpaired) electrons. The van der Waals surface area contributed by atoms with Gasteiger partial charge in [-0.25, -0.2) is 18.4 Å². The summed E-state index contributed by atoms with van der Waals surface area (Å²) in [7, 11) is -3.39. The third-order valence-corrected chi connectivity index (χ3v) is 6.43. The molecule has 2 N–H and O–H groups in total. The number of carbonyl (C=O) groups excluding carboxylic acids is 1. The number of anilines is 3. The van der Waals surface area contributed by atoms with Crippen molar-refractivity contribution in [2.75, 3.05) is 33.8 Å². The van der Waals surface area contributed by atoms with E-state index in [-0.39, 0.29) is 17.6 Å². The first-order chi connectivity index (χ1) is 13.9. The number of aromatic nitrogens is 2. The van der Waals surface area contributed by atoms with Crippen LogP contribution in [0, 0.1) is 12.8 Å². The van der Waals surface area contributed by atoms with Gasteiger partial charge in [-0.15, -0.1) is 0 Å². The zero-order chi connectivity index (χ0) is 20.9. The van der Waals surface area contributed by atoms with Crippen LogP contribution in [0.4, 0.5) is 17.3 Å². The van der Waals surface area contributed by atoms with E-state index in [1.807, 2.05) is 11.8 Å². The maximum absolute atomic E-state index is 12.9. The highest BCUT2D eigenvalue weighted by atomic mass is 32.2. The zero-order valence-electron chi connectivity index (χ0n) is 16.8. The van der Waals surface area contributed by atoms with E-state index in [1.54, 1.807) is 43.6 Å². The zero-order valence-corrected chi connectivity index (χ0v) is 17.6. The predicted octanol–water partition coefficient (Wildman–Crippen LogP) is 2.79. The van der Waals surface area contributed by atoms with E-state index in [1.165, 1.54) is 0 Å². The van der Waals surface area contributed by atoms with Gasteiger partial charge in [0, 0.05) is 31.2 Å². The lowest BCUT2D eigenvalue weighted by atomic mass is 9.97. The van der Waals surface area contributed by atoms with Crippen molar-refractivity contribution in [3.63, 3.8) is 0 Å². The van der Waals surface area contributed by atoms with Crippen molar-refractivity contribution in [3.05, 3.63) is 42.2 Å². The SMILES string of the molecule is CCCS(=O)(=O)Nc1cccc(NC(=O)C2CCCN(c3ncccn3)C2)c1C. The van der Waals surface area contributed by atoms with Crippen molar-refractivity contribution in [1.29, 1.82) is 0 Å².